The Bertz CT molecular complexity index is 601. The minimum Gasteiger partial charge on any atom is -0.355 e. The molecule has 4 heteroatoms. The van der Waals surface area contributed by atoms with Crippen molar-refractivity contribution in [3.05, 3.63) is 35.0 Å². The summed E-state index contributed by atoms with van der Waals surface area (Å²) in [6.07, 6.45) is 1.94. The molecule has 16 heavy (non-hydrogen) atoms. The molecule has 1 aromatic heterocycles. The molecule has 1 aliphatic rings. The Morgan fingerprint density at radius 2 is 2.00 bits per heavy atom. The van der Waals surface area contributed by atoms with Gasteiger partial charge in [-0.15, -0.1) is 0 Å². The number of rotatable bonds is 0. The number of benzene rings is 1. The number of ketones is 1. The normalized spacial score (nSPS) is 15.5. The van der Waals surface area contributed by atoms with Gasteiger partial charge in [-0.3, -0.25) is 4.79 Å². The highest BCUT2D eigenvalue weighted by atomic mass is 19.1. The first kappa shape index (κ1) is 9.51. The van der Waals surface area contributed by atoms with Crippen LogP contribution in [0.1, 0.15) is 28.9 Å². The predicted octanol–water partition coefficient (Wildman–Crippen LogP) is 2.97. The van der Waals surface area contributed by atoms with Crippen LogP contribution < -0.4 is 0 Å². The Kier molecular flexibility index (Phi) is 1.87. The maximum Gasteiger partial charge on any atom is 0.165 e. The number of H-pyrrole nitrogens is 1. The van der Waals surface area contributed by atoms with Crippen LogP contribution in [0.25, 0.3) is 10.9 Å². The van der Waals surface area contributed by atoms with E-state index in [4.69, 9.17) is 0 Å². The number of carbonyl (C=O) groups excluding carboxylic acids is 1. The van der Waals surface area contributed by atoms with E-state index in [1.54, 1.807) is 0 Å². The maximum atomic E-state index is 13.5. The van der Waals surface area contributed by atoms with Crippen molar-refractivity contribution >= 4 is 16.7 Å². The lowest BCUT2D eigenvalue weighted by molar-refractivity contribution is 0.0974. The molecule has 82 valence electrons. The van der Waals surface area contributed by atoms with Gasteiger partial charge in [-0.05, 0) is 18.9 Å². The van der Waals surface area contributed by atoms with E-state index in [9.17, 15) is 13.6 Å². The molecule has 0 saturated heterocycles. The van der Waals surface area contributed by atoms with Gasteiger partial charge in [-0.2, -0.15) is 0 Å². The Hall–Kier alpha value is -1.71. The summed E-state index contributed by atoms with van der Waals surface area (Å²) in [4.78, 5) is 14.6. The van der Waals surface area contributed by atoms with Gasteiger partial charge in [0.05, 0.1) is 5.52 Å². The van der Waals surface area contributed by atoms with E-state index in [-0.39, 0.29) is 11.3 Å². The topological polar surface area (TPSA) is 32.9 Å². The Balaban J connectivity index is 2.42. The Morgan fingerprint density at radius 1 is 1.19 bits per heavy atom. The van der Waals surface area contributed by atoms with Crippen LogP contribution in [-0.4, -0.2) is 10.8 Å². The van der Waals surface area contributed by atoms with E-state index in [1.807, 2.05) is 0 Å². The third-order valence-corrected chi connectivity index (χ3v) is 3.01. The summed E-state index contributed by atoms with van der Waals surface area (Å²) in [5.41, 5.74) is 1.44. The lowest BCUT2D eigenvalue weighted by atomic mass is 9.94. The van der Waals surface area contributed by atoms with Crippen LogP contribution in [0.5, 0.6) is 0 Å². The molecule has 0 unspecified atom stereocenters. The van der Waals surface area contributed by atoms with E-state index in [0.717, 1.165) is 24.6 Å². The molecule has 0 bridgehead atoms. The number of fused-ring (bicyclic) bond motifs is 3. The number of aromatic nitrogens is 1. The molecule has 0 atom stereocenters. The van der Waals surface area contributed by atoms with Crippen molar-refractivity contribution < 1.29 is 13.6 Å². The van der Waals surface area contributed by atoms with E-state index < -0.39 is 11.6 Å². The van der Waals surface area contributed by atoms with Gasteiger partial charge in [0.2, 0.25) is 0 Å². The molecular weight excluding hydrogens is 212 g/mol. The minimum atomic E-state index is -0.648. The van der Waals surface area contributed by atoms with Gasteiger partial charge in [0.25, 0.3) is 0 Å². The van der Waals surface area contributed by atoms with Crippen molar-refractivity contribution in [2.24, 2.45) is 0 Å². The fourth-order valence-electron chi connectivity index (χ4n) is 2.33. The second-order valence-corrected chi connectivity index (χ2v) is 4.07. The standard InChI is InChI=1S/C12H9F2NO/c13-6-4-7-11-9(2-1-3-10(11)16)15-12(7)8(14)5-6/h4-5,15H,1-3H2. The molecule has 1 aliphatic carbocycles. The summed E-state index contributed by atoms with van der Waals surface area (Å²) in [5.74, 6) is -1.32. The number of halogens is 2. The van der Waals surface area contributed by atoms with Crippen LogP contribution in [0.15, 0.2) is 12.1 Å². The average molecular weight is 221 g/mol. The molecule has 2 nitrogen and oxygen atoms in total. The molecule has 1 aromatic carbocycles. The zero-order valence-corrected chi connectivity index (χ0v) is 8.44. The Labute approximate surface area is 90.3 Å². The molecule has 3 rings (SSSR count). The van der Waals surface area contributed by atoms with Gasteiger partial charge in [0.15, 0.2) is 5.78 Å². The maximum absolute atomic E-state index is 13.5. The highest BCUT2D eigenvalue weighted by Gasteiger charge is 2.23. The average Bonchev–Trinajstić information content (AvgIpc) is 2.58. The number of aryl methyl sites for hydroxylation is 1. The van der Waals surface area contributed by atoms with Crippen LogP contribution in [0.3, 0.4) is 0 Å². The zero-order chi connectivity index (χ0) is 11.3. The number of Topliss-reactive ketones (excluding diaryl/α,β-unsaturated/α-hetero) is 1. The van der Waals surface area contributed by atoms with Crippen molar-refractivity contribution in [3.63, 3.8) is 0 Å². The van der Waals surface area contributed by atoms with Gasteiger partial charge in [0, 0.05) is 29.1 Å². The van der Waals surface area contributed by atoms with E-state index in [1.165, 1.54) is 6.07 Å². The number of carbonyl (C=O) groups is 1. The van der Waals surface area contributed by atoms with Crippen LogP contribution in [0, 0.1) is 11.6 Å². The largest absolute Gasteiger partial charge is 0.355 e. The minimum absolute atomic E-state index is 0.0301. The first-order valence-electron chi connectivity index (χ1n) is 5.19. The van der Waals surface area contributed by atoms with E-state index in [2.05, 4.69) is 4.98 Å². The first-order valence-corrected chi connectivity index (χ1v) is 5.19. The van der Waals surface area contributed by atoms with E-state index in [0.29, 0.717) is 17.4 Å². The molecule has 2 aromatic rings. The molecule has 0 radical (unpaired) electrons. The third-order valence-electron chi connectivity index (χ3n) is 3.01. The van der Waals surface area contributed by atoms with Crippen LogP contribution >= 0.6 is 0 Å². The fraction of sp³-hybridized carbons (Fsp3) is 0.250. The molecule has 1 N–H and O–H groups in total. The smallest absolute Gasteiger partial charge is 0.165 e. The Morgan fingerprint density at radius 3 is 2.81 bits per heavy atom. The van der Waals surface area contributed by atoms with Gasteiger partial charge in [-0.1, -0.05) is 0 Å². The quantitative estimate of drug-likeness (QED) is 0.728. The molecular formula is C12H9F2NO. The summed E-state index contributed by atoms with van der Waals surface area (Å²) in [6.45, 7) is 0. The molecule has 1 heterocycles. The predicted molar refractivity (Wildman–Crippen MR) is 55.5 cm³/mol. The van der Waals surface area contributed by atoms with Crippen molar-refractivity contribution in [3.8, 4) is 0 Å². The SMILES string of the molecule is O=C1CCCc2[nH]c3c(F)cc(F)cc3c21. The first-order chi connectivity index (χ1) is 7.66. The summed E-state index contributed by atoms with van der Waals surface area (Å²) in [5, 5.41) is 0.372. The summed E-state index contributed by atoms with van der Waals surface area (Å²) in [6, 6.07) is 2.05. The lowest BCUT2D eigenvalue weighted by Crippen LogP contribution is -2.09. The van der Waals surface area contributed by atoms with Crippen molar-refractivity contribution in [1.82, 2.24) is 4.98 Å². The van der Waals surface area contributed by atoms with Crippen LogP contribution in [0.2, 0.25) is 0 Å². The highest BCUT2D eigenvalue weighted by Crippen LogP contribution is 2.30. The second-order valence-electron chi connectivity index (χ2n) is 4.07. The summed E-state index contributed by atoms with van der Waals surface area (Å²) >= 11 is 0. The fourth-order valence-corrected chi connectivity index (χ4v) is 2.33. The monoisotopic (exact) mass is 221 g/mol. The van der Waals surface area contributed by atoms with Gasteiger partial charge in [0.1, 0.15) is 11.6 Å². The molecule has 0 spiro atoms. The number of hydrogen-bond acceptors (Lipinski definition) is 1. The highest BCUT2D eigenvalue weighted by molar-refractivity contribution is 6.10. The van der Waals surface area contributed by atoms with Gasteiger partial charge < -0.3 is 4.98 Å². The third kappa shape index (κ3) is 1.19. The van der Waals surface area contributed by atoms with Gasteiger partial charge >= 0.3 is 0 Å². The molecule has 0 aliphatic heterocycles. The molecule has 0 amide bonds. The van der Waals surface area contributed by atoms with Crippen LogP contribution in [0.4, 0.5) is 8.78 Å². The van der Waals surface area contributed by atoms with Gasteiger partial charge in [-0.25, -0.2) is 8.78 Å². The number of hydrogen-bond donors (Lipinski definition) is 1. The molecule has 0 fully saturated rings. The lowest BCUT2D eigenvalue weighted by Gasteiger charge is -2.09. The van der Waals surface area contributed by atoms with Crippen molar-refractivity contribution in [1.29, 1.82) is 0 Å². The number of aromatic amines is 1. The zero-order valence-electron chi connectivity index (χ0n) is 8.44. The summed E-state index contributed by atoms with van der Waals surface area (Å²) in [7, 11) is 0. The second kappa shape index (κ2) is 3.14. The number of nitrogens with one attached hydrogen (secondary N) is 1. The van der Waals surface area contributed by atoms with Crippen LogP contribution in [-0.2, 0) is 6.42 Å². The van der Waals surface area contributed by atoms with Crippen molar-refractivity contribution in [2.45, 2.75) is 19.3 Å². The van der Waals surface area contributed by atoms with Crippen molar-refractivity contribution in [2.75, 3.05) is 0 Å². The summed E-state index contributed by atoms with van der Waals surface area (Å²) < 4.78 is 26.6. The van der Waals surface area contributed by atoms with E-state index >= 15 is 0 Å². The molecule has 0 saturated carbocycles.